The SMILES string of the molecule is CN=C(NCCNS(=O)(=O)c1cccc(Cl)c1)N1CCC(c2cnn(C)c2)C1.I. The molecule has 1 saturated heterocycles. The van der Waals surface area contributed by atoms with Crippen LogP contribution in [0.15, 0.2) is 46.5 Å². The first-order valence-corrected chi connectivity index (χ1v) is 10.9. The number of halogens is 2. The number of aryl methyl sites for hydroxylation is 1. The van der Waals surface area contributed by atoms with Crippen LogP contribution in [-0.2, 0) is 17.1 Å². The molecule has 2 aromatic rings. The lowest BCUT2D eigenvalue weighted by molar-refractivity contribution is 0.486. The molecule has 0 saturated carbocycles. The summed E-state index contributed by atoms with van der Waals surface area (Å²) in [5, 5.41) is 7.86. The Balaban J connectivity index is 0.00000300. The van der Waals surface area contributed by atoms with Crippen LogP contribution in [-0.4, -0.2) is 62.3 Å². The van der Waals surface area contributed by atoms with E-state index in [1.165, 1.54) is 17.7 Å². The van der Waals surface area contributed by atoms with Crippen molar-refractivity contribution < 1.29 is 8.42 Å². The van der Waals surface area contributed by atoms with Gasteiger partial charge in [-0.1, -0.05) is 17.7 Å². The van der Waals surface area contributed by atoms with Gasteiger partial charge >= 0.3 is 0 Å². The molecule has 1 aromatic carbocycles. The van der Waals surface area contributed by atoms with Gasteiger partial charge in [0.15, 0.2) is 5.96 Å². The second-order valence-electron chi connectivity index (χ2n) is 6.71. The van der Waals surface area contributed by atoms with Crippen molar-refractivity contribution in [2.75, 3.05) is 33.2 Å². The maximum Gasteiger partial charge on any atom is 0.240 e. The van der Waals surface area contributed by atoms with E-state index in [9.17, 15) is 8.42 Å². The number of nitrogens with one attached hydrogen (secondary N) is 2. The summed E-state index contributed by atoms with van der Waals surface area (Å²) >= 11 is 5.87. The van der Waals surface area contributed by atoms with Gasteiger partial charge in [0, 0.05) is 57.4 Å². The fourth-order valence-electron chi connectivity index (χ4n) is 3.29. The van der Waals surface area contributed by atoms with Gasteiger partial charge in [0.05, 0.1) is 11.1 Å². The summed E-state index contributed by atoms with van der Waals surface area (Å²) in [6.07, 6.45) is 5.00. The first-order chi connectivity index (χ1) is 13.4. The summed E-state index contributed by atoms with van der Waals surface area (Å²) in [6, 6.07) is 6.20. The highest BCUT2D eigenvalue weighted by Crippen LogP contribution is 2.26. The summed E-state index contributed by atoms with van der Waals surface area (Å²) in [5.74, 6) is 1.20. The van der Waals surface area contributed by atoms with E-state index >= 15 is 0 Å². The quantitative estimate of drug-likeness (QED) is 0.248. The monoisotopic (exact) mass is 552 g/mol. The molecule has 0 radical (unpaired) electrons. The van der Waals surface area contributed by atoms with Crippen LogP contribution in [0.2, 0.25) is 5.02 Å². The summed E-state index contributed by atoms with van der Waals surface area (Å²) in [4.78, 5) is 6.66. The molecule has 1 aliphatic heterocycles. The normalized spacial score (nSPS) is 17.3. The molecule has 160 valence electrons. The predicted molar refractivity (Wildman–Crippen MR) is 126 cm³/mol. The Bertz CT molecular complexity index is 949. The average molecular weight is 553 g/mol. The molecule has 8 nitrogen and oxygen atoms in total. The highest BCUT2D eigenvalue weighted by molar-refractivity contribution is 14.0. The number of aliphatic imine (C=N–C) groups is 1. The molecule has 3 rings (SSSR count). The lowest BCUT2D eigenvalue weighted by Crippen LogP contribution is -2.43. The van der Waals surface area contributed by atoms with Crippen molar-refractivity contribution in [1.29, 1.82) is 0 Å². The number of guanidine groups is 1. The second kappa shape index (κ2) is 10.6. The third-order valence-corrected chi connectivity index (χ3v) is 6.40. The summed E-state index contributed by atoms with van der Waals surface area (Å²) < 4.78 is 29.0. The minimum Gasteiger partial charge on any atom is -0.355 e. The van der Waals surface area contributed by atoms with E-state index in [0.29, 0.717) is 17.5 Å². The van der Waals surface area contributed by atoms with Crippen LogP contribution < -0.4 is 10.0 Å². The Morgan fingerprint density at radius 3 is 2.83 bits per heavy atom. The van der Waals surface area contributed by atoms with Crippen molar-refractivity contribution in [3.05, 3.63) is 47.2 Å². The molecule has 0 spiro atoms. The third-order valence-electron chi connectivity index (χ3n) is 4.70. The molecule has 1 unspecified atom stereocenters. The van der Waals surface area contributed by atoms with Gasteiger partial charge < -0.3 is 10.2 Å². The molecule has 29 heavy (non-hydrogen) atoms. The number of sulfonamides is 1. The molecule has 2 heterocycles. The van der Waals surface area contributed by atoms with Gasteiger partial charge in [-0.3, -0.25) is 9.67 Å². The molecular weight excluding hydrogens is 527 g/mol. The number of likely N-dealkylation sites (tertiary alicyclic amines) is 1. The van der Waals surface area contributed by atoms with Crippen LogP contribution >= 0.6 is 35.6 Å². The topological polar surface area (TPSA) is 91.6 Å². The number of benzene rings is 1. The van der Waals surface area contributed by atoms with Gasteiger partial charge in [0.25, 0.3) is 0 Å². The molecule has 2 N–H and O–H groups in total. The van der Waals surface area contributed by atoms with Crippen molar-refractivity contribution in [3.8, 4) is 0 Å². The molecule has 0 bridgehead atoms. The van der Waals surface area contributed by atoms with E-state index in [4.69, 9.17) is 11.6 Å². The van der Waals surface area contributed by atoms with Crippen LogP contribution in [0.3, 0.4) is 0 Å². The van der Waals surface area contributed by atoms with Crippen molar-refractivity contribution in [2.45, 2.75) is 17.2 Å². The van der Waals surface area contributed by atoms with Crippen molar-refractivity contribution in [3.63, 3.8) is 0 Å². The van der Waals surface area contributed by atoms with Crippen molar-refractivity contribution >= 4 is 51.6 Å². The number of rotatable bonds is 6. The maximum atomic E-state index is 12.3. The highest BCUT2D eigenvalue weighted by atomic mass is 127. The Kier molecular flexibility index (Phi) is 8.73. The predicted octanol–water partition coefficient (Wildman–Crippen LogP) is 2.03. The lowest BCUT2D eigenvalue weighted by Gasteiger charge is -2.21. The molecule has 0 amide bonds. The van der Waals surface area contributed by atoms with Gasteiger partial charge in [-0.25, -0.2) is 13.1 Å². The van der Waals surface area contributed by atoms with Crippen LogP contribution in [0, 0.1) is 0 Å². The largest absolute Gasteiger partial charge is 0.355 e. The van der Waals surface area contributed by atoms with Crippen molar-refractivity contribution in [2.24, 2.45) is 12.0 Å². The van der Waals surface area contributed by atoms with Gasteiger partial charge in [-0.2, -0.15) is 5.10 Å². The van der Waals surface area contributed by atoms with E-state index < -0.39 is 10.0 Å². The van der Waals surface area contributed by atoms with Gasteiger partial charge in [0.2, 0.25) is 10.0 Å². The van der Waals surface area contributed by atoms with E-state index in [-0.39, 0.29) is 35.4 Å². The number of hydrogen-bond donors (Lipinski definition) is 2. The third kappa shape index (κ3) is 6.30. The Labute approximate surface area is 193 Å². The summed E-state index contributed by atoms with van der Waals surface area (Å²) in [5.41, 5.74) is 1.23. The van der Waals surface area contributed by atoms with Gasteiger partial charge in [-0.05, 0) is 30.2 Å². The van der Waals surface area contributed by atoms with E-state index in [2.05, 4.69) is 31.2 Å². The highest BCUT2D eigenvalue weighted by Gasteiger charge is 2.26. The standard InChI is InChI=1S/C18H25ClN6O2S.HI/c1-20-18(25-9-6-14(13-25)15-11-22-24(2)12-15)21-7-8-23-28(26,27)17-5-3-4-16(19)10-17;/h3-5,10-12,14,23H,6-9,13H2,1-2H3,(H,20,21);1H. The molecule has 1 aromatic heterocycles. The maximum absolute atomic E-state index is 12.3. The average Bonchev–Trinajstić information content (AvgIpc) is 3.31. The smallest absolute Gasteiger partial charge is 0.240 e. The zero-order chi connectivity index (χ0) is 20.1. The van der Waals surface area contributed by atoms with Gasteiger partial charge in [0.1, 0.15) is 0 Å². The summed E-state index contributed by atoms with van der Waals surface area (Å²) in [7, 11) is 0.0637. The Morgan fingerprint density at radius 1 is 1.38 bits per heavy atom. The molecule has 0 aliphatic carbocycles. The van der Waals surface area contributed by atoms with E-state index in [1.807, 2.05) is 17.9 Å². The first kappa shape index (κ1) is 23.9. The number of hydrogen-bond acceptors (Lipinski definition) is 4. The second-order valence-corrected chi connectivity index (χ2v) is 8.91. The minimum absolute atomic E-state index is 0. The molecule has 11 heteroatoms. The molecule has 1 fully saturated rings. The van der Waals surface area contributed by atoms with Crippen molar-refractivity contribution in [1.82, 2.24) is 24.7 Å². The first-order valence-electron chi connectivity index (χ1n) is 9.08. The molecule has 1 aliphatic rings. The fraction of sp³-hybridized carbons (Fsp3) is 0.444. The fourth-order valence-corrected chi connectivity index (χ4v) is 4.62. The lowest BCUT2D eigenvalue weighted by atomic mass is 10.0. The van der Waals surface area contributed by atoms with Crippen LogP contribution in [0.1, 0.15) is 17.9 Å². The zero-order valence-electron chi connectivity index (χ0n) is 16.4. The Hall–Kier alpha value is -1.37. The minimum atomic E-state index is -3.59. The Morgan fingerprint density at radius 2 is 2.17 bits per heavy atom. The van der Waals surface area contributed by atoms with E-state index in [0.717, 1.165) is 25.5 Å². The summed E-state index contributed by atoms with van der Waals surface area (Å²) in [6.45, 7) is 2.43. The van der Waals surface area contributed by atoms with E-state index in [1.54, 1.807) is 19.2 Å². The van der Waals surface area contributed by atoms with Crippen LogP contribution in [0.4, 0.5) is 0 Å². The zero-order valence-corrected chi connectivity index (χ0v) is 20.3. The van der Waals surface area contributed by atoms with Crippen LogP contribution in [0.5, 0.6) is 0 Å². The van der Waals surface area contributed by atoms with Crippen LogP contribution in [0.25, 0.3) is 0 Å². The number of nitrogens with zero attached hydrogens (tertiary/aromatic N) is 4. The molecule has 1 atom stereocenters. The molecular formula is C18H26ClIN6O2S. The van der Waals surface area contributed by atoms with Gasteiger partial charge in [-0.15, -0.1) is 24.0 Å². The number of aromatic nitrogens is 2.